The Kier molecular flexibility index (Phi) is 21.2. The molecule has 0 radical (unpaired) electrons. The van der Waals surface area contributed by atoms with Crippen molar-refractivity contribution in [3.63, 3.8) is 0 Å². The minimum absolute atomic E-state index is 0.0562. The molecule has 0 unspecified atom stereocenters. The Morgan fingerprint density at radius 1 is 0.897 bits per heavy atom. The minimum atomic E-state index is -5.10. The number of aromatic amines is 1. The summed E-state index contributed by atoms with van der Waals surface area (Å²) in [5.41, 5.74) is 6.84. The van der Waals surface area contributed by atoms with Gasteiger partial charge in [0.1, 0.15) is 24.2 Å². The van der Waals surface area contributed by atoms with Gasteiger partial charge in [-0.3, -0.25) is 33.3 Å². The Bertz CT molecular complexity index is 1660. The predicted octanol–water partition coefficient (Wildman–Crippen LogP) is -0.420. The Balaban J connectivity index is 2.22. The van der Waals surface area contributed by atoms with E-state index < -0.39 is 74.2 Å². The minimum Gasteiger partial charge on any atom is -0.394 e. The molecule has 324 valence electrons. The van der Waals surface area contributed by atoms with Crippen LogP contribution < -0.4 is 27.0 Å². The average Bonchev–Trinajstić information content (AvgIpc) is 3.65. The first-order chi connectivity index (χ1) is 27.3. The van der Waals surface area contributed by atoms with Crippen molar-refractivity contribution >= 4 is 43.3 Å². The number of hydrogen-bond acceptors (Lipinski definition) is 11. The zero-order valence-corrected chi connectivity index (χ0v) is 34.5. The number of aliphatic hydroxyl groups is 1. The van der Waals surface area contributed by atoms with Crippen LogP contribution in [-0.4, -0.2) is 128 Å². The fourth-order valence-corrected chi connectivity index (χ4v) is 6.29. The molecule has 0 aliphatic rings. The SMILES string of the molecule is CC(C)C[C@H](NC(=O)CN(CCCCc1ccccc1)C(=O)CCOC(C)C)C(=O)N[C@@H](Cc1cnc[nH]1)C(=O)N[C@@H](CO)C(=O)N[C@H](C(N)=O)[C@@H](C)OP(=O)(O)O. The van der Waals surface area contributed by atoms with Crippen LogP contribution in [0.3, 0.4) is 0 Å². The van der Waals surface area contributed by atoms with Gasteiger partial charge in [0, 0.05) is 24.9 Å². The van der Waals surface area contributed by atoms with E-state index in [1.165, 1.54) is 17.4 Å². The number of benzene rings is 1. The van der Waals surface area contributed by atoms with Crippen LogP contribution in [0.4, 0.5) is 0 Å². The zero-order chi connectivity index (χ0) is 43.4. The van der Waals surface area contributed by atoms with Crippen LogP contribution in [0.5, 0.6) is 0 Å². The average molecular weight is 839 g/mol. The number of hydrogen-bond donors (Lipinski definition) is 9. The number of nitrogens with two attached hydrogens (primary N) is 1. The number of carbonyl (C=O) groups is 6. The van der Waals surface area contributed by atoms with Crippen LogP contribution in [0.15, 0.2) is 42.9 Å². The van der Waals surface area contributed by atoms with Crippen LogP contribution in [0.25, 0.3) is 0 Å². The van der Waals surface area contributed by atoms with Crippen molar-refractivity contribution in [2.45, 2.75) is 110 Å². The molecule has 5 atom stereocenters. The van der Waals surface area contributed by atoms with Gasteiger partial charge in [-0.15, -0.1) is 0 Å². The van der Waals surface area contributed by atoms with E-state index in [4.69, 9.17) is 20.3 Å². The number of rotatable bonds is 27. The molecule has 6 amide bonds. The van der Waals surface area contributed by atoms with Crippen LogP contribution >= 0.6 is 7.82 Å². The molecule has 21 heteroatoms. The van der Waals surface area contributed by atoms with Crippen molar-refractivity contribution in [1.29, 1.82) is 0 Å². The molecule has 1 aromatic heterocycles. The van der Waals surface area contributed by atoms with Crippen LogP contribution in [0, 0.1) is 5.92 Å². The summed E-state index contributed by atoms with van der Waals surface area (Å²) in [5, 5.41) is 19.7. The molecule has 0 saturated carbocycles. The van der Waals surface area contributed by atoms with E-state index in [2.05, 4.69) is 35.8 Å². The van der Waals surface area contributed by atoms with E-state index in [0.29, 0.717) is 18.7 Å². The molecule has 0 aliphatic heterocycles. The van der Waals surface area contributed by atoms with E-state index in [1.54, 1.807) is 0 Å². The number of phosphoric ester groups is 1. The van der Waals surface area contributed by atoms with Gasteiger partial charge in [0.2, 0.25) is 35.4 Å². The first-order valence-electron chi connectivity index (χ1n) is 19.0. The second kappa shape index (κ2) is 24.9. The number of amides is 6. The molecule has 0 fully saturated rings. The van der Waals surface area contributed by atoms with Gasteiger partial charge in [0.25, 0.3) is 0 Å². The van der Waals surface area contributed by atoms with Crippen molar-refractivity contribution in [1.82, 2.24) is 36.1 Å². The molecule has 1 aromatic carbocycles. The van der Waals surface area contributed by atoms with Crippen molar-refractivity contribution < 1.29 is 57.5 Å². The second-order valence-electron chi connectivity index (χ2n) is 14.5. The molecule has 0 spiro atoms. The maximum atomic E-state index is 13.8. The normalized spacial score (nSPS) is 14.2. The summed E-state index contributed by atoms with van der Waals surface area (Å²) in [6, 6.07) is 3.79. The van der Waals surface area contributed by atoms with Gasteiger partial charge in [-0.2, -0.15) is 0 Å². The van der Waals surface area contributed by atoms with Crippen molar-refractivity contribution in [3.8, 4) is 0 Å². The first kappa shape index (κ1) is 49.4. The van der Waals surface area contributed by atoms with Gasteiger partial charge in [0.05, 0.1) is 44.7 Å². The second-order valence-corrected chi connectivity index (χ2v) is 15.6. The largest absolute Gasteiger partial charge is 0.469 e. The Morgan fingerprint density at radius 3 is 2.10 bits per heavy atom. The Morgan fingerprint density at radius 2 is 1.53 bits per heavy atom. The predicted molar refractivity (Wildman–Crippen MR) is 210 cm³/mol. The highest BCUT2D eigenvalue weighted by molar-refractivity contribution is 7.46. The molecule has 0 aliphatic carbocycles. The quantitative estimate of drug-likeness (QED) is 0.0409. The Hall–Kier alpha value is -4.72. The number of imidazole rings is 1. The molecular formula is C37H59N8O12P. The lowest BCUT2D eigenvalue weighted by Crippen LogP contribution is -2.60. The third kappa shape index (κ3) is 19.1. The summed E-state index contributed by atoms with van der Waals surface area (Å²) >= 11 is 0. The van der Waals surface area contributed by atoms with Gasteiger partial charge in [-0.1, -0.05) is 44.2 Å². The van der Waals surface area contributed by atoms with Gasteiger partial charge >= 0.3 is 7.82 Å². The maximum Gasteiger partial charge on any atom is 0.469 e. The number of unbranched alkanes of at least 4 members (excludes halogenated alkanes) is 1. The monoisotopic (exact) mass is 838 g/mol. The van der Waals surface area contributed by atoms with Gasteiger partial charge < -0.3 is 56.5 Å². The number of phosphoric acid groups is 1. The Labute approximate surface area is 338 Å². The van der Waals surface area contributed by atoms with E-state index in [-0.39, 0.29) is 50.3 Å². The highest BCUT2D eigenvalue weighted by Gasteiger charge is 2.35. The summed E-state index contributed by atoms with van der Waals surface area (Å²) in [5.74, 6) is -5.10. The molecule has 20 nitrogen and oxygen atoms in total. The van der Waals surface area contributed by atoms with Crippen molar-refractivity contribution in [2.24, 2.45) is 11.7 Å². The molecule has 2 rings (SSSR count). The molecular weight excluding hydrogens is 779 g/mol. The third-order valence-electron chi connectivity index (χ3n) is 8.60. The lowest BCUT2D eigenvalue weighted by Gasteiger charge is -2.28. The zero-order valence-electron chi connectivity index (χ0n) is 33.6. The van der Waals surface area contributed by atoms with Crippen molar-refractivity contribution in [2.75, 3.05) is 26.3 Å². The van der Waals surface area contributed by atoms with E-state index in [1.807, 2.05) is 58.0 Å². The summed E-state index contributed by atoms with van der Waals surface area (Å²) in [4.78, 5) is 106. The van der Waals surface area contributed by atoms with Crippen LogP contribution in [0.1, 0.15) is 71.6 Å². The first-order valence-corrected chi connectivity index (χ1v) is 20.6. The summed E-state index contributed by atoms with van der Waals surface area (Å²) in [6.45, 7) is 7.56. The fourth-order valence-electron chi connectivity index (χ4n) is 5.74. The number of nitrogens with zero attached hydrogens (tertiary/aromatic N) is 2. The summed E-state index contributed by atoms with van der Waals surface area (Å²) in [7, 11) is -5.10. The van der Waals surface area contributed by atoms with Gasteiger partial charge in [-0.05, 0) is 57.9 Å². The highest BCUT2D eigenvalue weighted by atomic mass is 31.2. The van der Waals surface area contributed by atoms with Gasteiger partial charge in [-0.25, -0.2) is 9.55 Å². The van der Waals surface area contributed by atoms with Crippen molar-refractivity contribution in [3.05, 3.63) is 54.1 Å². The van der Waals surface area contributed by atoms with Crippen LogP contribution in [0.2, 0.25) is 0 Å². The standard InChI is InChI=1S/C37H59N8O12P/c1-23(2)17-28(41-31(47)20-45(32(48)14-16-56-24(3)4)15-10-9-13-26-11-7-6-8-12-26)35(50)42-29(18-27-19-39-22-40-27)36(51)43-30(21-46)37(52)44-33(34(38)49)25(5)57-58(53,54)55/h6-8,11-12,19,22-25,28-30,33,46H,9-10,13-18,20-21H2,1-5H3,(H2,38,49)(H,39,40)(H,41,47)(H,42,50)(H,43,51)(H,44,52)(H2,53,54,55)/t25-,28+,29+,30+,33+/m1/s1. The van der Waals surface area contributed by atoms with E-state index in [9.17, 15) is 38.4 Å². The number of carbonyl (C=O) groups excluding carboxylic acids is 6. The smallest absolute Gasteiger partial charge is 0.394 e. The third-order valence-corrected chi connectivity index (χ3v) is 9.21. The fraction of sp³-hybridized carbons (Fsp3) is 0.595. The summed E-state index contributed by atoms with van der Waals surface area (Å²) in [6.07, 6.45) is 3.25. The topological polar surface area (TPSA) is 305 Å². The number of nitrogens with one attached hydrogen (secondary N) is 5. The van der Waals surface area contributed by atoms with E-state index in [0.717, 1.165) is 25.3 Å². The molecule has 10 N–H and O–H groups in total. The molecule has 0 bridgehead atoms. The number of ether oxygens (including phenoxy) is 1. The van der Waals surface area contributed by atoms with Gasteiger partial charge in [0.15, 0.2) is 0 Å². The maximum absolute atomic E-state index is 13.8. The van der Waals surface area contributed by atoms with Crippen LogP contribution in [-0.2, 0) is 55.4 Å². The number of aliphatic hydroxyl groups excluding tert-OH is 1. The highest BCUT2D eigenvalue weighted by Crippen LogP contribution is 2.38. The number of H-pyrrole nitrogens is 1. The lowest BCUT2D eigenvalue weighted by atomic mass is 10.0. The number of aromatic nitrogens is 2. The number of aryl methyl sites for hydroxylation is 1. The molecule has 0 saturated heterocycles. The molecule has 58 heavy (non-hydrogen) atoms. The molecule has 1 heterocycles. The number of primary amides is 1. The lowest BCUT2D eigenvalue weighted by molar-refractivity contribution is -0.138. The van der Waals surface area contributed by atoms with E-state index >= 15 is 0 Å². The summed E-state index contributed by atoms with van der Waals surface area (Å²) < 4.78 is 21.3. The molecule has 2 aromatic rings.